The fraction of sp³-hybridized carbons (Fsp3) is 0.800. The summed E-state index contributed by atoms with van der Waals surface area (Å²) in [6.07, 6.45) is -40.3. The molecular formula is C15H13F15O2. The summed E-state index contributed by atoms with van der Waals surface area (Å²) in [6, 6.07) is 0. The molecule has 0 aliphatic heterocycles. The summed E-state index contributed by atoms with van der Waals surface area (Å²) in [5.41, 5.74) is -12.7. The summed E-state index contributed by atoms with van der Waals surface area (Å²) >= 11 is 0. The van der Waals surface area contributed by atoms with Crippen LogP contribution in [0.1, 0.15) is 26.7 Å². The van der Waals surface area contributed by atoms with Crippen LogP contribution in [0.25, 0.3) is 0 Å². The van der Waals surface area contributed by atoms with Crippen LogP contribution in [0.2, 0.25) is 0 Å². The van der Waals surface area contributed by atoms with Crippen molar-refractivity contribution in [3.63, 3.8) is 0 Å². The first-order chi connectivity index (χ1) is 13.6. The van der Waals surface area contributed by atoms with E-state index in [9.17, 15) is 70.7 Å². The number of ether oxygens (including phenoxy) is 1. The van der Waals surface area contributed by atoms with Crippen LogP contribution in [0.4, 0.5) is 65.9 Å². The molecular weight excluding hydrogens is 497 g/mol. The van der Waals surface area contributed by atoms with E-state index < -0.39 is 86.0 Å². The van der Waals surface area contributed by atoms with E-state index in [1.807, 2.05) is 0 Å². The summed E-state index contributed by atoms with van der Waals surface area (Å²) in [7, 11) is 0. The number of hydrogen-bond donors (Lipinski definition) is 0. The predicted octanol–water partition coefficient (Wildman–Crippen LogP) is 7.06. The second-order valence-electron chi connectivity index (χ2n) is 7.07. The number of esters is 1. The van der Waals surface area contributed by atoms with Crippen LogP contribution in [-0.2, 0) is 9.53 Å². The summed E-state index contributed by atoms with van der Waals surface area (Å²) < 4.78 is 198. The maximum absolute atomic E-state index is 13.0. The van der Waals surface area contributed by atoms with Crippen molar-refractivity contribution in [1.82, 2.24) is 0 Å². The molecule has 0 saturated heterocycles. The van der Waals surface area contributed by atoms with Crippen molar-refractivity contribution >= 4 is 5.97 Å². The first-order valence-corrected chi connectivity index (χ1v) is 7.86. The number of halogens is 15. The van der Waals surface area contributed by atoms with Crippen LogP contribution in [0, 0.1) is 10.8 Å². The van der Waals surface area contributed by atoms with Crippen LogP contribution >= 0.6 is 0 Å². The zero-order valence-electron chi connectivity index (χ0n) is 15.7. The highest BCUT2D eigenvalue weighted by molar-refractivity contribution is 5.89. The van der Waals surface area contributed by atoms with Gasteiger partial charge in [0.15, 0.2) is 10.8 Å². The Hall–Kier alpha value is -1.84. The third-order valence-corrected chi connectivity index (χ3v) is 4.64. The average Bonchev–Trinajstić information content (AvgIpc) is 2.48. The molecule has 0 aliphatic rings. The van der Waals surface area contributed by atoms with Crippen LogP contribution < -0.4 is 0 Å². The van der Waals surface area contributed by atoms with Crippen molar-refractivity contribution in [3.8, 4) is 0 Å². The number of carbonyl (C=O) groups is 1. The standard InChI is InChI=1S/C15H13F15O2/c1-6(11(16,17)18)8(31)32-7(4-9(2,12(19,20)21)13(22,23)24)5-10(3,14(25,26)27)15(28,29)30/h7H,1,4-5H2,2-3H3. The molecule has 190 valence electrons. The Bertz CT molecular complexity index is 622. The summed E-state index contributed by atoms with van der Waals surface area (Å²) in [5, 5.41) is 0. The van der Waals surface area contributed by atoms with Gasteiger partial charge in [0.1, 0.15) is 11.7 Å². The molecule has 0 heterocycles. The van der Waals surface area contributed by atoms with E-state index >= 15 is 0 Å². The van der Waals surface area contributed by atoms with E-state index in [0.29, 0.717) is 0 Å². The van der Waals surface area contributed by atoms with Gasteiger partial charge in [-0.1, -0.05) is 6.58 Å². The minimum Gasteiger partial charge on any atom is -0.459 e. The van der Waals surface area contributed by atoms with E-state index in [1.165, 1.54) is 0 Å². The normalized spacial score (nSPS) is 15.2. The van der Waals surface area contributed by atoms with E-state index in [-0.39, 0.29) is 0 Å². The molecule has 0 spiro atoms. The van der Waals surface area contributed by atoms with Gasteiger partial charge in [-0.2, -0.15) is 65.9 Å². The molecule has 0 N–H and O–H groups in total. The Balaban J connectivity index is 6.56. The highest BCUT2D eigenvalue weighted by Crippen LogP contribution is 2.57. The summed E-state index contributed by atoms with van der Waals surface area (Å²) in [5.74, 6) is -2.85. The molecule has 17 heteroatoms. The molecule has 0 aromatic heterocycles. The molecule has 0 bridgehead atoms. The molecule has 0 atom stereocenters. The second kappa shape index (κ2) is 8.50. The lowest BCUT2D eigenvalue weighted by Crippen LogP contribution is -2.53. The summed E-state index contributed by atoms with van der Waals surface area (Å²) in [4.78, 5) is 11.4. The molecule has 0 aromatic rings. The highest BCUT2D eigenvalue weighted by Gasteiger charge is 2.71. The van der Waals surface area contributed by atoms with Crippen molar-refractivity contribution in [3.05, 3.63) is 12.2 Å². The third kappa shape index (κ3) is 6.14. The molecule has 0 amide bonds. The Morgan fingerprint density at radius 3 is 1.09 bits per heavy atom. The first kappa shape index (κ1) is 30.2. The lowest BCUT2D eigenvalue weighted by atomic mass is 9.76. The maximum atomic E-state index is 13.0. The third-order valence-electron chi connectivity index (χ3n) is 4.64. The molecule has 0 fully saturated rings. The molecule has 0 unspecified atom stereocenters. The lowest BCUT2D eigenvalue weighted by Gasteiger charge is -2.40. The Morgan fingerprint density at radius 2 is 0.906 bits per heavy atom. The molecule has 0 radical (unpaired) electrons. The van der Waals surface area contributed by atoms with Crippen molar-refractivity contribution in [1.29, 1.82) is 0 Å². The van der Waals surface area contributed by atoms with Crippen molar-refractivity contribution < 1.29 is 75.4 Å². The minimum atomic E-state index is -6.36. The van der Waals surface area contributed by atoms with Crippen LogP contribution in [0.5, 0.6) is 0 Å². The highest BCUT2D eigenvalue weighted by atomic mass is 19.4. The Kier molecular flexibility index (Phi) is 8.01. The van der Waals surface area contributed by atoms with Crippen molar-refractivity contribution in [2.75, 3.05) is 0 Å². The van der Waals surface area contributed by atoms with Gasteiger partial charge in [-0.3, -0.25) is 0 Å². The van der Waals surface area contributed by atoms with Crippen molar-refractivity contribution in [2.24, 2.45) is 10.8 Å². The second-order valence-corrected chi connectivity index (χ2v) is 7.07. The van der Waals surface area contributed by atoms with Gasteiger partial charge in [-0.05, 0) is 13.8 Å². The van der Waals surface area contributed by atoms with E-state index in [2.05, 4.69) is 11.3 Å². The van der Waals surface area contributed by atoms with Gasteiger partial charge in [-0.15, -0.1) is 0 Å². The maximum Gasteiger partial charge on any atom is 0.422 e. The number of alkyl halides is 15. The van der Waals surface area contributed by atoms with Gasteiger partial charge in [0.2, 0.25) is 0 Å². The van der Waals surface area contributed by atoms with Gasteiger partial charge >= 0.3 is 36.9 Å². The molecule has 0 saturated carbocycles. The SMILES string of the molecule is C=C(C(=O)OC(CC(C)(C(F)(F)F)C(F)(F)F)CC(C)(C(F)(F)F)C(F)(F)F)C(F)(F)F. The Morgan fingerprint density at radius 1 is 0.656 bits per heavy atom. The first-order valence-electron chi connectivity index (χ1n) is 7.86. The monoisotopic (exact) mass is 510 g/mol. The summed E-state index contributed by atoms with van der Waals surface area (Å²) in [6.45, 7) is 0.755. The lowest BCUT2D eigenvalue weighted by molar-refractivity contribution is -0.353. The topological polar surface area (TPSA) is 26.3 Å². The number of carbonyl (C=O) groups excluding carboxylic acids is 1. The largest absolute Gasteiger partial charge is 0.459 e. The van der Waals surface area contributed by atoms with E-state index in [1.54, 1.807) is 0 Å². The van der Waals surface area contributed by atoms with Gasteiger partial charge < -0.3 is 4.74 Å². The van der Waals surface area contributed by atoms with E-state index in [4.69, 9.17) is 0 Å². The van der Waals surface area contributed by atoms with Gasteiger partial charge in [-0.25, -0.2) is 4.79 Å². The van der Waals surface area contributed by atoms with Crippen molar-refractivity contribution in [2.45, 2.75) is 63.7 Å². The van der Waals surface area contributed by atoms with Crippen LogP contribution in [0.3, 0.4) is 0 Å². The van der Waals surface area contributed by atoms with Gasteiger partial charge in [0.25, 0.3) is 0 Å². The van der Waals surface area contributed by atoms with Crippen LogP contribution in [0.15, 0.2) is 12.2 Å². The zero-order valence-corrected chi connectivity index (χ0v) is 15.7. The van der Waals surface area contributed by atoms with Gasteiger partial charge in [0.05, 0.1) is 0 Å². The average molecular weight is 510 g/mol. The molecule has 0 aliphatic carbocycles. The van der Waals surface area contributed by atoms with Gasteiger partial charge in [0, 0.05) is 12.8 Å². The fourth-order valence-electron chi connectivity index (χ4n) is 2.19. The minimum absolute atomic E-state index is 0.662. The zero-order chi connectivity index (χ0) is 26.4. The Labute approximate surface area is 169 Å². The smallest absolute Gasteiger partial charge is 0.422 e. The van der Waals surface area contributed by atoms with Crippen LogP contribution in [-0.4, -0.2) is 43.0 Å². The van der Waals surface area contributed by atoms with E-state index in [0.717, 1.165) is 0 Å². The molecule has 0 aromatic carbocycles. The predicted molar refractivity (Wildman–Crippen MR) is 74.7 cm³/mol. The number of rotatable bonds is 6. The fourth-order valence-corrected chi connectivity index (χ4v) is 2.19. The number of hydrogen-bond acceptors (Lipinski definition) is 2. The quantitative estimate of drug-likeness (QED) is 0.217. The molecule has 0 rings (SSSR count). The molecule has 32 heavy (non-hydrogen) atoms. The molecule has 2 nitrogen and oxygen atoms in total.